The van der Waals surface area contributed by atoms with E-state index < -0.39 is 0 Å². The van der Waals surface area contributed by atoms with E-state index in [2.05, 4.69) is 193 Å². The van der Waals surface area contributed by atoms with Gasteiger partial charge < -0.3 is 9.32 Å². The molecule has 0 unspecified atom stereocenters. The van der Waals surface area contributed by atoms with Crippen LogP contribution >= 0.6 is 0 Å². The summed E-state index contributed by atoms with van der Waals surface area (Å²) in [6.45, 7) is 0. The van der Waals surface area contributed by atoms with Crippen LogP contribution in [0.5, 0.6) is 0 Å². The van der Waals surface area contributed by atoms with Crippen LogP contribution in [0.4, 0.5) is 17.1 Å². The Labute approximate surface area is 279 Å². The fraction of sp³-hybridized carbons (Fsp3) is 0. The molecule has 0 aliphatic rings. The van der Waals surface area contributed by atoms with Gasteiger partial charge in [0.05, 0.1) is 5.69 Å². The highest BCUT2D eigenvalue weighted by atomic mass is 16.3. The van der Waals surface area contributed by atoms with Gasteiger partial charge in [-0.15, -0.1) is 0 Å². The number of hydrogen-bond donors (Lipinski definition) is 0. The van der Waals surface area contributed by atoms with Crippen LogP contribution in [0.15, 0.2) is 192 Å². The molecule has 2 nitrogen and oxygen atoms in total. The van der Waals surface area contributed by atoms with Gasteiger partial charge in [0.25, 0.3) is 0 Å². The highest BCUT2D eigenvalue weighted by Gasteiger charge is 2.19. The predicted octanol–water partition coefficient (Wildman–Crippen LogP) is 13.2. The summed E-state index contributed by atoms with van der Waals surface area (Å²) in [6, 6.07) is 66.7. The lowest BCUT2D eigenvalue weighted by atomic mass is 9.95. The van der Waals surface area contributed by atoms with Crippen LogP contribution in [0.1, 0.15) is 0 Å². The maximum Gasteiger partial charge on any atom is 0.136 e. The molecular formula is C46H31NO. The molecule has 0 amide bonds. The number of anilines is 3. The molecular weight excluding hydrogens is 583 g/mol. The highest BCUT2D eigenvalue weighted by molar-refractivity contribution is 6.23. The summed E-state index contributed by atoms with van der Waals surface area (Å²) in [4.78, 5) is 2.35. The van der Waals surface area contributed by atoms with Gasteiger partial charge in [-0.1, -0.05) is 140 Å². The van der Waals surface area contributed by atoms with Crippen molar-refractivity contribution in [2.75, 3.05) is 4.90 Å². The lowest BCUT2D eigenvalue weighted by Gasteiger charge is -2.28. The zero-order valence-electron chi connectivity index (χ0n) is 26.3. The predicted molar refractivity (Wildman–Crippen MR) is 202 cm³/mol. The first-order valence-electron chi connectivity index (χ1n) is 16.4. The third kappa shape index (κ3) is 4.83. The first kappa shape index (κ1) is 27.9. The minimum atomic E-state index is 0.897. The normalized spacial score (nSPS) is 11.3. The lowest BCUT2D eigenvalue weighted by Crippen LogP contribution is -2.11. The SMILES string of the molecule is c1ccc(-c2ccc3c(ccc4oc5cccc(-c6ccc(N(c7ccccc7)c7ccccc7-c7ccccc7)cc6)c5c43)c2)cc1. The van der Waals surface area contributed by atoms with Crippen LogP contribution in [0.25, 0.3) is 66.1 Å². The van der Waals surface area contributed by atoms with Crippen molar-refractivity contribution in [3.63, 3.8) is 0 Å². The summed E-state index contributed by atoms with van der Waals surface area (Å²) in [6.07, 6.45) is 0. The summed E-state index contributed by atoms with van der Waals surface area (Å²) in [5.41, 5.74) is 12.2. The van der Waals surface area contributed by atoms with Crippen LogP contribution in [0.2, 0.25) is 0 Å². The zero-order valence-corrected chi connectivity index (χ0v) is 26.3. The van der Waals surface area contributed by atoms with Gasteiger partial charge in [0.2, 0.25) is 0 Å². The van der Waals surface area contributed by atoms with E-state index in [1.165, 1.54) is 33.0 Å². The number of fused-ring (bicyclic) bond motifs is 5. The van der Waals surface area contributed by atoms with Gasteiger partial charge in [-0.2, -0.15) is 0 Å². The van der Waals surface area contributed by atoms with Crippen molar-refractivity contribution in [1.82, 2.24) is 0 Å². The van der Waals surface area contributed by atoms with Gasteiger partial charge in [0, 0.05) is 27.7 Å². The highest BCUT2D eigenvalue weighted by Crippen LogP contribution is 2.43. The molecule has 9 rings (SSSR count). The van der Waals surface area contributed by atoms with Crippen LogP contribution in [-0.2, 0) is 0 Å². The van der Waals surface area contributed by atoms with E-state index in [0.717, 1.165) is 50.1 Å². The van der Waals surface area contributed by atoms with Gasteiger partial charge in [-0.25, -0.2) is 0 Å². The minimum absolute atomic E-state index is 0.897. The molecule has 226 valence electrons. The Balaban J connectivity index is 1.18. The number of hydrogen-bond acceptors (Lipinski definition) is 2. The van der Waals surface area contributed by atoms with Crippen molar-refractivity contribution < 1.29 is 4.42 Å². The van der Waals surface area contributed by atoms with Crippen molar-refractivity contribution >= 4 is 49.8 Å². The third-order valence-electron chi connectivity index (χ3n) is 9.27. The Kier molecular flexibility index (Phi) is 6.84. The van der Waals surface area contributed by atoms with Crippen LogP contribution in [0.3, 0.4) is 0 Å². The van der Waals surface area contributed by atoms with Gasteiger partial charge in [0.1, 0.15) is 11.2 Å². The van der Waals surface area contributed by atoms with E-state index in [9.17, 15) is 0 Å². The second-order valence-electron chi connectivity index (χ2n) is 12.1. The summed E-state index contributed by atoms with van der Waals surface area (Å²) < 4.78 is 6.46. The van der Waals surface area contributed by atoms with Crippen LogP contribution < -0.4 is 4.90 Å². The molecule has 0 atom stereocenters. The smallest absolute Gasteiger partial charge is 0.136 e. The molecule has 0 fully saturated rings. The van der Waals surface area contributed by atoms with E-state index in [1.807, 2.05) is 0 Å². The molecule has 0 radical (unpaired) electrons. The molecule has 0 spiro atoms. The van der Waals surface area contributed by atoms with Gasteiger partial charge in [-0.3, -0.25) is 0 Å². The van der Waals surface area contributed by atoms with Gasteiger partial charge >= 0.3 is 0 Å². The monoisotopic (exact) mass is 613 g/mol. The molecule has 0 aliphatic heterocycles. The van der Waals surface area contributed by atoms with Crippen molar-refractivity contribution in [1.29, 1.82) is 0 Å². The fourth-order valence-corrected chi connectivity index (χ4v) is 7.02. The molecule has 48 heavy (non-hydrogen) atoms. The van der Waals surface area contributed by atoms with Gasteiger partial charge in [-0.05, 0) is 87.1 Å². The molecule has 0 bridgehead atoms. The third-order valence-corrected chi connectivity index (χ3v) is 9.27. The largest absolute Gasteiger partial charge is 0.456 e. The fourth-order valence-electron chi connectivity index (χ4n) is 7.02. The molecule has 0 aliphatic carbocycles. The molecule has 0 saturated heterocycles. The summed E-state index contributed by atoms with van der Waals surface area (Å²) >= 11 is 0. The molecule has 8 aromatic carbocycles. The first-order chi connectivity index (χ1) is 23.8. The number of nitrogens with zero attached hydrogens (tertiary/aromatic N) is 1. The van der Waals surface area contributed by atoms with E-state index in [4.69, 9.17) is 4.42 Å². The van der Waals surface area contributed by atoms with E-state index in [1.54, 1.807) is 0 Å². The number of furan rings is 1. The first-order valence-corrected chi connectivity index (χ1v) is 16.4. The molecule has 0 N–H and O–H groups in total. The molecule has 9 aromatic rings. The Morgan fingerprint density at radius 1 is 0.354 bits per heavy atom. The van der Waals surface area contributed by atoms with E-state index in [-0.39, 0.29) is 0 Å². The maximum absolute atomic E-state index is 6.46. The number of benzene rings is 8. The average molecular weight is 614 g/mol. The van der Waals surface area contributed by atoms with Crippen molar-refractivity contribution in [3.05, 3.63) is 188 Å². The average Bonchev–Trinajstić information content (AvgIpc) is 3.56. The molecule has 2 heteroatoms. The second kappa shape index (κ2) is 11.8. The van der Waals surface area contributed by atoms with E-state index >= 15 is 0 Å². The van der Waals surface area contributed by atoms with Crippen LogP contribution in [0, 0.1) is 0 Å². The van der Waals surface area contributed by atoms with Crippen molar-refractivity contribution in [2.45, 2.75) is 0 Å². The number of rotatable bonds is 6. The Morgan fingerprint density at radius 2 is 0.938 bits per heavy atom. The summed E-state index contributed by atoms with van der Waals surface area (Å²) in [5, 5.41) is 4.70. The topological polar surface area (TPSA) is 16.4 Å². The Bertz CT molecular complexity index is 2530. The van der Waals surface area contributed by atoms with Gasteiger partial charge in [0.15, 0.2) is 0 Å². The van der Waals surface area contributed by atoms with Crippen LogP contribution in [-0.4, -0.2) is 0 Å². The standard InChI is InChI=1S/C46H31NO/c1-4-13-32(14-5-1)35-25-29-41-36(31-35)26-30-44-46(41)45-40(20-12-22-43(45)48-44)34-23-27-38(28-24-34)47(37-17-8-3-9-18-37)42-21-11-10-19-39(42)33-15-6-2-7-16-33/h1-31H. The van der Waals surface area contributed by atoms with Crippen molar-refractivity contribution in [2.24, 2.45) is 0 Å². The lowest BCUT2D eigenvalue weighted by molar-refractivity contribution is 0.669. The quantitative estimate of drug-likeness (QED) is 0.185. The Hall–Kier alpha value is -6.38. The number of para-hydroxylation sites is 2. The maximum atomic E-state index is 6.46. The summed E-state index contributed by atoms with van der Waals surface area (Å²) in [7, 11) is 0. The van der Waals surface area contributed by atoms with E-state index in [0.29, 0.717) is 0 Å². The molecule has 0 saturated carbocycles. The van der Waals surface area contributed by atoms with Crippen molar-refractivity contribution in [3.8, 4) is 33.4 Å². The Morgan fingerprint density at radius 3 is 1.71 bits per heavy atom. The summed E-state index contributed by atoms with van der Waals surface area (Å²) in [5.74, 6) is 0. The molecule has 1 aromatic heterocycles. The second-order valence-corrected chi connectivity index (χ2v) is 12.1. The minimum Gasteiger partial charge on any atom is -0.456 e. The zero-order chi connectivity index (χ0) is 31.9. The molecule has 1 heterocycles.